The molecule has 1 N–H and O–H groups in total. The maximum atomic E-state index is 12.8. The molecule has 162 valence electrons. The van der Waals surface area contributed by atoms with Crippen LogP contribution in [0.1, 0.15) is 28.0 Å². The molecular formula is C25H23N3O4. The number of hydrogen-bond donors (Lipinski definition) is 1. The van der Waals surface area contributed by atoms with Crippen LogP contribution < -0.4 is 5.32 Å². The number of carbonyl (C=O) groups excluding carboxylic acids is 3. The fourth-order valence-electron chi connectivity index (χ4n) is 3.62. The molecule has 1 aromatic heterocycles. The van der Waals surface area contributed by atoms with Gasteiger partial charge >= 0.3 is 6.09 Å². The van der Waals surface area contributed by atoms with Crippen molar-refractivity contribution < 1.29 is 19.1 Å². The number of cyclic esters (lactones) is 1. The second-order valence-electron chi connectivity index (χ2n) is 7.55. The Morgan fingerprint density at radius 1 is 0.969 bits per heavy atom. The SMILES string of the molecule is O=C(Nc1ccc(CCC(=O)N2C(=O)OC[C@H]2Cc2ccccc2)cc1)c1ccccn1. The molecule has 3 amide bonds. The number of pyridine rings is 1. The summed E-state index contributed by atoms with van der Waals surface area (Å²) in [5, 5.41) is 2.79. The van der Waals surface area contributed by atoms with E-state index in [1.54, 1.807) is 36.5 Å². The number of nitrogens with one attached hydrogen (secondary N) is 1. The normalized spacial score (nSPS) is 15.3. The Hall–Kier alpha value is -4.00. The number of ether oxygens (including phenoxy) is 1. The van der Waals surface area contributed by atoms with Gasteiger partial charge in [0.1, 0.15) is 12.3 Å². The third kappa shape index (κ3) is 5.18. The summed E-state index contributed by atoms with van der Waals surface area (Å²) in [5.41, 5.74) is 2.96. The summed E-state index contributed by atoms with van der Waals surface area (Å²) in [6.45, 7) is 0.212. The van der Waals surface area contributed by atoms with Crippen molar-refractivity contribution in [2.45, 2.75) is 25.3 Å². The summed E-state index contributed by atoms with van der Waals surface area (Å²) < 4.78 is 5.13. The summed E-state index contributed by atoms with van der Waals surface area (Å²) in [7, 11) is 0. The van der Waals surface area contributed by atoms with Gasteiger partial charge in [0.05, 0.1) is 6.04 Å². The van der Waals surface area contributed by atoms with E-state index in [1.165, 1.54) is 4.90 Å². The summed E-state index contributed by atoms with van der Waals surface area (Å²) in [6.07, 6.45) is 2.23. The first-order chi connectivity index (χ1) is 15.6. The average Bonchev–Trinajstić information content (AvgIpc) is 3.19. The van der Waals surface area contributed by atoms with E-state index in [2.05, 4.69) is 10.3 Å². The Morgan fingerprint density at radius 3 is 2.44 bits per heavy atom. The molecule has 4 rings (SSSR count). The molecular weight excluding hydrogens is 406 g/mol. The van der Waals surface area contributed by atoms with Gasteiger partial charge in [-0.1, -0.05) is 48.5 Å². The van der Waals surface area contributed by atoms with Crippen LogP contribution in [0, 0.1) is 0 Å². The predicted octanol–water partition coefficient (Wildman–Crippen LogP) is 3.86. The molecule has 0 saturated carbocycles. The lowest BCUT2D eigenvalue weighted by molar-refractivity contribution is -0.129. The Labute approximate surface area is 186 Å². The van der Waals surface area contributed by atoms with Crippen molar-refractivity contribution in [3.05, 3.63) is 95.8 Å². The van der Waals surface area contributed by atoms with E-state index < -0.39 is 6.09 Å². The first-order valence-corrected chi connectivity index (χ1v) is 10.4. The van der Waals surface area contributed by atoms with E-state index in [0.29, 0.717) is 24.2 Å². The highest BCUT2D eigenvalue weighted by molar-refractivity contribution is 6.02. The topological polar surface area (TPSA) is 88.6 Å². The zero-order valence-electron chi connectivity index (χ0n) is 17.4. The zero-order valence-corrected chi connectivity index (χ0v) is 17.4. The van der Waals surface area contributed by atoms with Gasteiger partial charge in [0.25, 0.3) is 5.91 Å². The Balaban J connectivity index is 1.32. The van der Waals surface area contributed by atoms with Crippen LogP contribution in [0.15, 0.2) is 79.0 Å². The predicted molar refractivity (Wildman–Crippen MR) is 119 cm³/mol. The number of aromatic nitrogens is 1. The van der Waals surface area contributed by atoms with Crippen molar-refractivity contribution in [3.63, 3.8) is 0 Å². The minimum Gasteiger partial charge on any atom is -0.447 e. The maximum absolute atomic E-state index is 12.8. The molecule has 0 radical (unpaired) electrons. The number of carbonyl (C=O) groups is 3. The van der Waals surface area contributed by atoms with Gasteiger partial charge in [-0.05, 0) is 48.2 Å². The second kappa shape index (κ2) is 9.87. The smallest absolute Gasteiger partial charge is 0.416 e. The van der Waals surface area contributed by atoms with Crippen molar-refractivity contribution >= 4 is 23.6 Å². The van der Waals surface area contributed by atoms with Gasteiger partial charge in [-0.15, -0.1) is 0 Å². The average molecular weight is 429 g/mol. The highest BCUT2D eigenvalue weighted by Gasteiger charge is 2.37. The number of rotatable bonds is 7. The summed E-state index contributed by atoms with van der Waals surface area (Å²) in [6, 6.07) is 21.9. The lowest BCUT2D eigenvalue weighted by atomic mass is 10.0. The molecule has 0 unspecified atom stereocenters. The molecule has 0 aliphatic carbocycles. The second-order valence-corrected chi connectivity index (χ2v) is 7.55. The molecule has 1 fully saturated rings. The Morgan fingerprint density at radius 2 is 1.72 bits per heavy atom. The molecule has 1 atom stereocenters. The number of amides is 3. The van der Waals surface area contributed by atoms with Gasteiger partial charge in [-0.3, -0.25) is 14.6 Å². The molecule has 1 aliphatic heterocycles. The number of nitrogens with zero attached hydrogens (tertiary/aromatic N) is 2. The third-order valence-electron chi connectivity index (χ3n) is 5.28. The zero-order chi connectivity index (χ0) is 22.3. The number of hydrogen-bond acceptors (Lipinski definition) is 5. The molecule has 7 nitrogen and oxygen atoms in total. The van der Waals surface area contributed by atoms with Crippen LogP contribution in [0.25, 0.3) is 0 Å². The molecule has 2 heterocycles. The fourth-order valence-corrected chi connectivity index (χ4v) is 3.62. The van der Waals surface area contributed by atoms with E-state index in [-0.39, 0.29) is 30.9 Å². The van der Waals surface area contributed by atoms with Gasteiger partial charge in [-0.25, -0.2) is 9.69 Å². The van der Waals surface area contributed by atoms with E-state index in [1.807, 2.05) is 42.5 Å². The Kier molecular flexibility index (Phi) is 6.55. The van der Waals surface area contributed by atoms with Crippen LogP contribution in [0.2, 0.25) is 0 Å². The van der Waals surface area contributed by atoms with Crippen molar-refractivity contribution in [2.24, 2.45) is 0 Å². The molecule has 0 spiro atoms. The summed E-state index contributed by atoms with van der Waals surface area (Å²) in [4.78, 5) is 42.3. The van der Waals surface area contributed by atoms with Crippen molar-refractivity contribution in [3.8, 4) is 0 Å². The van der Waals surface area contributed by atoms with E-state index in [4.69, 9.17) is 4.74 Å². The van der Waals surface area contributed by atoms with Gasteiger partial charge in [0.15, 0.2) is 0 Å². The highest BCUT2D eigenvalue weighted by Crippen LogP contribution is 2.20. The van der Waals surface area contributed by atoms with Crippen molar-refractivity contribution in [1.29, 1.82) is 0 Å². The molecule has 0 bridgehead atoms. The molecule has 32 heavy (non-hydrogen) atoms. The van der Waals surface area contributed by atoms with E-state index in [0.717, 1.165) is 11.1 Å². The monoisotopic (exact) mass is 429 g/mol. The highest BCUT2D eigenvalue weighted by atomic mass is 16.6. The van der Waals surface area contributed by atoms with Crippen LogP contribution in [-0.4, -0.2) is 40.4 Å². The van der Waals surface area contributed by atoms with Crippen LogP contribution in [0.4, 0.5) is 10.5 Å². The minimum atomic E-state index is -0.580. The maximum Gasteiger partial charge on any atom is 0.416 e. The third-order valence-corrected chi connectivity index (χ3v) is 5.28. The van der Waals surface area contributed by atoms with Gasteiger partial charge in [0, 0.05) is 18.3 Å². The molecule has 1 aliphatic rings. The number of aryl methyl sites for hydroxylation is 1. The number of anilines is 1. The van der Waals surface area contributed by atoms with Crippen LogP contribution in [0.5, 0.6) is 0 Å². The van der Waals surface area contributed by atoms with Crippen LogP contribution >= 0.6 is 0 Å². The number of benzene rings is 2. The Bertz CT molecular complexity index is 1090. The summed E-state index contributed by atoms with van der Waals surface area (Å²) in [5.74, 6) is -0.536. The van der Waals surface area contributed by atoms with Crippen molar-refractivity contribution in [2.75, 3.05) is 11.9 Å². The van der Waals surface area contributed by atoms with Gasteiger partial charge in [0.2, 0.25) is 5.91 Å². The van der Waals surface area contributed by atoms with E-state index >= 15 is 0 Å². The standard InChI is InChI=1S/C25H23N3O4/c29-23(28-21(17-32-25(28)31)16-19-6-2-1-3-7-19)14-11-18-9-12-20(13-10-18)27-24(30)22-8-4-5-15-26-22/h1-10,12-13,15,21H,11,14,16-17H2,(H,27,30)/t21-/m1/s1. The van der Waals surface area contributed by atoms with E-state index in [9.17, 15) is 14.4 Å². The quantitative estimate of drug-likeness (QED) is 0.616. The summed E-state index contributed by atoms with van der Waals surface area (Å²) >= 11 is 0. The van der Waals surface area contributed by atoms with Crippen LogP contribution in [-0.2, 0) is 22.4 Å². The molecule has 2 aromatic carbocycles. The lowest BCUT2D eigenvalue weighted by Crippen LogP contribution is -2.40. The minimum absolute atomic E-state index is 0.194. The molecule has 7 heteroatoms. The van der Waals surface area contributed by atoms with Gasteiger partial charge in [-0.2, -0.15) is 0 Å². The molecule has 3 aromatic rings. The number of imide groups is 1. The fraction of sp³-hybridized carbons (Fsp3) is 0.200. The van der Waals surface area contributed by atoms with Crippen LogP contribution in [0.3, 0.4) is 0 Å². The first kappa shape index (κ1) is 21.2. The largest absolute Gasteiger partial charge is 0.447 e. The molecule has 1 saturated heterocycles. The lowest BCUT2D eigenvalue weighted by Gasteiger charge is -2.19. The van der Waals surface area contributed by atoms with Crippen molar-refractivity contribution in [1.82, 2.24) is 9.88 Å². The first-order valence-electron chi connectivity index (χ1n) is 10.4. The van der Waals surface area contributed by atoms with Gasteiger partial charge < -0.3 is 10.1 Å².